The normalized spacial score (nSPS) is 14.6. The molecule has 0 radical (unpaired) electrons. The van der Waals surface area contributed by atoms with Crippen LogP contribution in [0.2, 0.25) is 0 Å². The van der Waals surface area contributed by atoms with E-state index in [2.05, 4.69) is 46.4 Å². The molecule has 0 aromatic heterocycles. The molecule has 0 saturated carbocycles. The highest BCUT2D eigenvalue weighted by Gasteiger charge is 2.14. The summed E-state index contributed by atoms with van der Waals surface area (Å²) in [4.78, 5) is 17.2. The van der Waals surface area contributed by atoms with Crippen molar-refractivity contribution < 1.29 is 14.3 Å². The van der Waals surface area contributed by atoms with Crippen molar-refractivity contribution in [1.82, 2.24) is 10.2 Å². The van der Waals surface area contributed by atoms with Gasteiger partial charge in [-0.15, -0.1) is 0 Å². The molecule has 0 aliphatic carbocycles. The molecule has 2 aromatic carbocycles. The van der Waals surface area contributed by atoms with E-state index in [1.54, 1.807) is 32.4 Å². The second kappa shape index (κ2) is 9.46. The van der Waals surface area contributed by atoms with E-state index in [1.165, 1.54) is 11.3 Å². The Labute approximate surface area is 167 Å². The van der Waals surface area contributed by atoms with Gasteiger partial charge < -0.3 is 24.6 Å². The topological polar surface area (TPSA) is 54.0 Å². The molecule has 0 bridgehead atoms. The predicted octanol–water partition coefficient (Wildman–Crippen LogP) is 2.43. The number of hydrogen-bond donors (Lipinski definition) is 1. The van der Waals surface area contributed by atoms with Crippen molar-refractivity contribution >= 4 is 11.6 Å². The highest BCUT2D eigenvalue weighted by molar-refractivity contribution is 5.95. The molecule has 1 aliphatic rings. The summed E-state index contributed by atoms with van der Waals surface area (Å²) in [6.07, 6.45) is 0.788. The highest BCUT2D eigenvalue weighted by atomic mass is 16.5. The molecule has 1 fully saturated rings. The van der Waals surface area contributed by atoms with Gasteiger partial charge in [-0.3, -0.25) is 4.79 Å². The van der Waals surface area contributed by atoms with Crippen LogP contribution in [0, 0.1) is 0 Å². The third-order valence-corrected chi connectivity index (χ3v) is 5.12. The fraction of sp³-hybridized carbons (Fsp3) is 0.409. The number of carbonyl (C=O) groups excluding carboxylic acids is 1. The number of nitrogens with one attached hydrogen (secondary N) is 1. The van der Waals surface area contributed by atoms with Crippen molar-refractivity contribution in [2.24, 2.45) is 0 Å². The van der Waals surface area contributed by atoms with E-state index in [-0.39, 0.29) is 5.91 Å². The van der Waals surface area contributed by atoms with Gasteiger partial charge in [-0.2, -0.15) is 0 Å². The molecule has 28 heavy (non-hydrogen) atoms. The lowest BCUT2D eigenvalue weighted by molar-refractivity contribution is 0.0953. The monoisotopic (exact) mass is 383 g/mol. The summed E-state index contributed by atoms with van der Waals surface area (Å²) in [5, 5.41) is 2.97. The maximum atomic E-state index is 12.4. The summed E-state index contributed by atoms with van der Waals surface area (Å²) < 4.78 is 10.4. The van der Waals surface area contributed by atoms with Crippen LogP contribution in [0.3, 0.4) is 0 Å². The second-order valence-electron chi connectivity index (χ2n) is 7.06. The van der Waals surface area contributed by atoms with E-state index in [9.17, 15) is 4.79 Å². The molecule has 0 atom stereocenters. The molecule has 2 aromatic rings. The second-order valence-corrected chi connectivity index (χ2v) is 7.06. The van der Waals surface area contributed by atoms with Gasteiger partial charge in [0, 0.05) is 50.0 Å². The summed E-state index contributed by atoms with van der Waals surface area (Å²) >= 11 is 0. The Morgan fingerprint density at radius 2 is 1.57 bits per heavy atom. The van der Waals surface area contributed by atoms with Crippen LogP contribution in [0.5, 0.6) is 11.5 Å². The lowest BCUT2D eigenvalue weighted by Gasteiger charge is -2.34. The number of nitrogens with zero attached hydrogens (tertiary/aromatic N) is 2. The minimum Gasteiger partial charge on any atom is -0.497 e. The van der Waals surface area contributed by atoms with Gasteiger partial charge in [-0.05, 0) is 43.3 Å². The number of ether oxygens (including phenoxy) is 2. The molecule has 6 nitrogen and oxygen atoms in total. The molecule has 6 heteroatoms. The first-order valence-corrected chi connectivity index (χ1v) is 9.63. The number of carbonyl (C=O) groups is 1. The van der Waals surface area contributed by atoms with E-state index in [0.717, 1.165) is 32.6 Å². The third-order valence-electron chi connectivity index (χ3n) is 5.12. The van der Waals surface area contributed by atoms with Crippen molar-refractivity contribution in [2.45, 2.75) is 6.42 Å². The zero-order valence-electron chi connectivity index (χ0n) is 16.9. The average Bonchev–Trinajstić information content (AvgIpc) is 2.74. The first kappa shape index (κ1) is 20.0. The highest BCUT2D eigenvalue weighted by Crippen LogP contribution is 2.22. The smallest absolute Gasteiger partial charge is 0.251 e. The van der Waals surface area contributed by atoms with E-state index in [4.69, 9.17) is 9.47 Å². The zero-order valence-corrected chi connectivity index (χ0v) is 16.9. The molecule has 3 rings (SSSR count). The van der Waals surface area contributed by atoms with Gasteiger partial charge in [0.05, 0.1) is 14.2 Å². The van der Waals surface area contributed by atoms with Gasteiger partial charge in [0.15, 0.2) is 0 Å². The Morgan fingerprint density at radius 1 is 0.964 bits per heavy atom. The minimum absolute atomic E-state index is 0.133. The summed E-state index contributed by atoms with van der Waals surface area (Å²) in [6.45, 7) is 4.91. The predicted molar refractivity (Wildman–Crippen MR) is 112 cm³/mol. The number of rotatable bonds is 7. The lowest BCUT2D eigenvalue weighted by atomic mass is 10.1. The van der Waals surface area contributed by atoms with E-state index < -0.39 is 0 Å². The van der Waals surface area contributed by atoms with Crippen LogP contribution in [0.1, 0.15) is 15.9 Å². The molecule has 0 unspecified atom stereocenters. The first-order chi connectivity index (χ1) is 13.6. The van der Waals surface area contributed by atoms with Crippen molar-refractivity contribution in [3.05, 3.63) is 53.6 Å². The van der Waals surface area contributed by atoms with E-state index in [1.807, 2.05) is 0 Å². The Morgan fingerprint density at radius 3 is 2.14 bits per heavy atom. The Bertz CT molecular complexity index is 762. The minimum atomic E-state index is -0.133. The lowest BCUT2D eigenvalue weighted by Crippen LogP contribution is -2.44. The molecule has 1 aliphatic heterocycles. The number of likely N-dealkylation sites (N-methyl/N-ethyl adjacent to an activating group) is 1. The largest absolute Gasteiger partial charge is 0.497 e. The first-order valence-electron chi connectivity index (χ1n) is 9.63. The fourth-order valence-electron chi connectivity index (χ4n) is 3.30. The summed E-state index contributed by atoms with van der Waals surface area (Å²) in [6, 6.07) is 13.8. The van der Waals surface area contributed by atoms with Crippen molar-refractivity contribution in [3.63, 3.8) is 0 Å². The maximum absolute atomic E-state index is 12.4. The standard InChI is InChI=1S/C22H29N3O3/c1-24-10-12-25(13-11-24)19-6-4-17(5-7-19)8-9-23-22(26)18-14-20(27-2)16-21(15-18)28-3/h4-7,14-16H,8-13H2,1-3H3,(H,23,26). The van der Waals surface area contributed by atoms with Crippen LogP contribution in [-0.4, -0.2) is 64.8 Å². The number of hydrogen-bond acceptors (Lipinski definition) is 5. The summed E-state index contributed by atoms with van der Waals surface area (Å²) in [5.74, 6) is 1.07. The SMILES string of the molecule is COc1cc(OC)cc(C(=O)NCCc2ccc(N3CCN(C)CC3)cc2)c1. The molecule has 1 heterocycles. The number of benzene rings is 2. The Balaban J connectivity index is 1.51. The van der Waals surface area contributed by atoms with Crippen LogP contribution in [-0.2, 0) is 6.42 Å². The van der Waals surface area contributed by atoms with Gasteiger partial charge >= 0.3 is 0 Å². The van der Waals surface area contributed by atoms with Crippen LogP contribution < -0.4 is 19.7 Å². The van der Waals surface area contributed by atoms with Gasteiger partial charge in [0.1, 0.15) is 11.5 Å². The summed E-state index contributed by atoms with van der Waals surface area (Å²) in [5.41, 5.74) is 3.01. The zero-order chi connectivity index (χ0) is 19.9. The van der Waals surface area contributed by atoms with Gasteiger partial charge in [-0.1, -0.05) is 12.1 Å². The number of methoxy groups -OCH3 is 2. The van der Waals surface area contributed by atoms with Gasteiger partial charge in [0.2, 0.25) is 0 Å². The number of piperazine rings is 1. The van der Waals surface area contributed by atoms with Crippen molar-refractivity contribution in [2.75, 3.05) is 58.9 Å². The van der Waals surface area contributed by atoms with Crippen molar-refractivity contribution in [1.29, 1.82) is 0 Å². The Kier molecular flexibility index (Phi) is 6.76. The number of amides is 1. The van der Waals surface area contributed by atoms with Crippen LogP contribution in [0.15, 0.2) is 42.5 Å². The van der Waals surface area contributed by atoms with Crippen LogP contribution in [0.25, 0.3) is 0 Å². The molecule has 1 saturated heterocycles. The molecule has 1 N–H and O–H groups in total. The van der Waals surface area contributed by atoms with E-state index in [0.29, 0.717) is 23.6 Å². The maximum Gasteiger partial charge on any atom is 0.251 e. The summed E-state index contributed by atoms with van der Waals surface area (Å²) in [7, 11) is 5.31. The number of anilines is 1. The quantitative estimate of drug-likeness (QED) is 0.796. The fourth-order valence-corrected chi connectivity index (χ4v) is 3.30. The molecular weight excluding hydrogens is 354 g/mol. The van der Waals surface area contributed by atoms with Crippen LogP contribution >= 0.6 is 0 Å². The van der Waals surface area contributed by atoms with Crippen LogP contribution in [0.4, 0.5) is 5.69 Å². The van der Waals surface area contributed by atoms with Gasteiger partial charge in [0.25, 0.3) is 5.91 Å². The third kappa shape index (κ3) is 5.16. The van der Waals surface area contributed by atoms with Gasteiger partial charge in [-0.25, -0.2) is 0 Å². The molecule has 0 spiro atoms. The Hall–Kier alpha value is -2.73. The average molecular weight is 383 g/mol. The molecule has 1 amide bonds. The molecule has 150 valence electrons. The molecular formula is C22H29N3O3. The van der Waals surface area contributed by atoms with E-state index >= 15 is 0 Å². The van der Waals surface area contributed by atoms with Crippen molar-refractivity contribution in [3.8, 4) is 11.5 Å².